The minimum Gasteiger partial charge on any atom is -0.213 e. The minimum atomic E-state index is 0. The molecule has 0 unspecified atom stereocenters. The Morgan fingerprint density at radius 3 is 1.90 bits per heavy atom. The molecule has 0 amide bonds. The topological polar surface area (TPSA) is 0 Å². The number of aryl methyl sites for hydroxylation is 2. The van der Waals surface area contributed by atoms with Gasteiger partial charge in [-0.1, -0.05) is 59.3 Å². The van der Waals surface area contributed by atoms with Crippen LogP contribution in [-0.2, 0) is 26.2 Å². The average Bonchev–Trinajstić information content (AvgIpc) is 3.11. The Bertz CT molecular complexity index is 474. The van der Waals surface area contributed by atoms with Gasteiger partial charge in [0.1, 0.15) is 0 Å². The normalized spacial score (nSPS) is 14.6. The molecule has 0 saturated heterocycles. The Kier molecular flexibility index (Phi) is 7.17. The fraction of sp³-hybridized carbons (Fsp3) is 0.474. The first-order chi connectivity index (χ1) is 9.09. The van der Waals surface area contributed by atoms with Gasteiger partial charge in [0.25, 0.3) is 0 Å². The van der Waals surface area contributed by atoms with Gasteiger partial charge in [-0.15, -0.1) is 0 Å². The van der Waals surface area contributed by atoms with Crippen molar-refractivity contribution in [3.8, 4) is 0 Å². The zero-order chi connectivity index (χ0) is 13.8. The second-order valence-electron chi connectivity index (χ2n) is 5.96. The van der Waals surface area contributed by atoms with Crippen LogP contribution < -0.4 is 0 Å². The largest absolute Gasteiger partial charge is 2.00 e. The first-order valence-corrected chi connectivity index (χ1v) is 7.51. The van der Waals surface area contributed by atoms with Gasteiger partial charge in [0.2, 0.25) is 0 Å². The Balaban J connectivity index is 0.000000192. The molecule has 1 aliphatic rings. The standard InChI is InChI=1S/C10H13.C9H13.Zr/c1-2-6-9(5-1)10-7-3-4-8-10;1-6-5-7(2)9(4)8(6)3;/h1-2,5-6,10H,3-4,7-8H2;5H,1-4H3;/q2*-1;+2. The van der Waals surface area contributed by atoms with Crippen molar-refractivity contribution in [2.24, 2.45) is 0 Å². The van der Waals surface area contributed by atoms with Gasteiger partial charge in [-0.2, -0.15) is 46.0 Å². The summed E-state index contributed by atoms with van der Waals surface area (Å²) in [5.41, 5.74) is 7.31. The summed E-state index contributed by atoms with van der Waals surface area (Å²) in [7, 11) is 0. The van der Waals surface area contributed by atoms with Crippen molar-refractivity contribution in [1.82, 2.24) is 0 Å². The van der Waals surface area contributed by atoms with Crippen molar-refractivity contribution in [2.45, 2.75) is 59.3 Å². The Morgan fingerprint density at radius 1 is 1.00 bits per heavy atom. The Labute approximate surface area is 143 Å². The van der Waals surface area contributed by atoms with Crippen LogP contribution in [0.1, 0.15) is 59.4 Å². The van der Waals surface area contributed by atoms with E-state index in [2.05, 4.69) is 58.0 Å². The Morgan fingerprint density at radius 2 is 1.55 bits per heavy atom. The van der Waals surface area contributed by atoms with Crippen LogP contribution in [-0.4, -0.2) is 0 Å². The van der Waals surface area contributed by atoms with Crippen molar-refractivity contribution < 1.29 is 26.2 Å². The van der Waals surface area contributed by atoms with Crippen LogP contribution in [0.3, 0.4) is 0 Å². The van der Waals surface area contributed by atoms with Crippen molar-refractivity contribution in [1.29, 1.82) is 0 Å². The summed E-state index contributed by atoms with van der Waals surface area (Å²) in [5, 5.41) is 0. The summed E-state index contributed by atoms with van der Waals surface area (Å²) < 4.78 is 0. The van der Waals surface area contributed by atoms with Gasteiger partial charge in [0.05, 0.1) is 0 Å². The number of hydrogen-bond acceptors (Lipinski definition) is 0. The van der Waals surface area contributed by atoms with Crippen LogP contribution in [0.15, 0.2) is 30.3 Å². The molecule has 0 aromatic heterocycles. The molecule has 20 heavy (non-hydrogen) atoms. The molecular weight excluding hydrogens is 319 g/mol. The van der Waals surface area contributed by atoms with Gasteiger partial charge in [-0.25, -0.2) is 12.1 Å². The second-order valence-corrected chi connectivity index (χ2v) is 5.96. The molecule has 106 valence electrons. The molecule has 0 atom stereocenters. The molecular formula is C19H26Zr. The second kappa shape index (κ2) is 8.13. The molecule has 1 aliphatic carbocycles. The molecule has 2 aromatic rings. The zero-order valence-corrected chi connectivity index (χ0v) is 15.8. The van der Waals surface area contributed by atoms with Crippen molar-refractivity contribution >= 4 is 0 Å². The predicted octanol–water partition coefficient (Wildman–Crippen LogP) is 5.70. The third-order valence-corrected chi connectivity index (χ3v) is 4.69. The van der Waals surface area contributed by atoms with Crippen molar-refractivity contribution in [3.63, 3.8) is 0 Å². The zero-order valence-electron chi connectivity index (χ0n) is 13.3. The average molecular weight is 346 g/mol. The third-order valence-electron chi connectivity index (χ3n) is 4.69. The van der Waals surface area contributed by atoms with Gasteiger partial charge < -0.3 is 0 Å². The fourth-order valence-electron chi connectivity index (χ4n) is 3.05. The van der Waals surface area contributed by atoms with Crippen LogP contribution in [0.5, 0.6) is 0 Å². The Hall–Kier alpha value is -0.417. The van der Waals surface area contributed by atoms with E-state index in [1.165, 1.54) is 47.9 Å². The quantitative estimate of drug-likeness (QED) is 0.582. The van der Waals surface area contributed by atoms with Crippen LogP contribution in [0, 0.1) is 27.7 Å². The smallest absolute Gasteiger partial charge is 0.213 e. The maximum Gasteiger partial charge on any atom is 2.00 e. The molecule has 0 spiro atoms. The third kappa shape index (κ3) is 4.29. The maximum absolute atomic E-state index is 2.26. The van der Waals surface area contributed by atoms with Crippen molar-refractivity contribution in [2.75, 3.05) is 0 Å². The fourth-order valence-corrected chi connectivity index (χ4v) is 3.05. The van der Waals surface area contributed by atoms with Gasteiger partial charge >= 0.3 is 26.2 Å². The molecule has 1 heteroatoms. The van der Waals surface area contributed by atoms with E-state index in [0.717, 1.165) is 5.92 Å². The van der Waals surface area contributed by atoms with E-state index in [1.54, 1.807) is 5.56 Å². The van der Waals surface area contributed by atoms with E-state index in [0.29, 0.717) is 0 Å². The molecule has 0 N–H and O–H groups in total. The van der Waals surface area contributed by atoms with E-state index in [-0.39, 0.29) is 26.2 Å². The monoisotopic (exact) mass is 344 g/mol. The number of hydrogen-bond donors (Lipinski definition) is 0. The molecule has 2 aromatic carbocycles. The number of rotatable bonds is 1. The van der Waals surface area contributed by atoms with E-state index in [4.69, 9.17) is 0 Å². The van der Waals surface area contributed by atoms with Gasteiger partial charge in [-0.05, 0) is 0 Å². The minimum absolute atomic E-state index is 0. The van der Waals surface area contributed by atoms with Gasteiger partial charge in [0.15, 0.2) is 0 Å². The first kappa shape index (κ1) is 17.6. The maximum atomic E-state index is 2.26. The molecule has 0 heterocycles. The summed E-state index contributed by atoms with van der Waals surface area (Å²) in [4.78, 5) is 0. The summed E-state index contributed by atoms with van der Waals surface area (Å²) >= 11 is 0. The summed E-state index contributed by atoms with van der Waals surface area (Å²) in [6.07, 6.45) is 5.72. The van der Waals surface area contributed by atoms with Crippen LogP contribution in [0.2, 0.25) is 0 Å². The van der Waals surface area contributed by atoms with E-state index >= 15 is 0 Å². The van der Waals surface area contributed by atoms with Crippen molar-refractivity contribution in [3.05, 3.63) is 58.1 Å². The molecule has 0 nitrogen and oxygen atoms in total. The summed E-state index contributed by atoms with van der Waals surface area (Å²) in [5.74, 6) is 0.898. The van der Waals surface area contributed by atoms with Gasteiger partial charge in [0, 0.05) is 0 Å². The first-order valence-electron chi connectivity index (χ1n) is 7.51. The molecule has 3 rings (SSSR count). The van der Waals surface area contributed by atoms with Crippen LogP contribution in [0.25, 0.3) is 0 Å². The summed E-state index contributed by atoms with van der Waals surface area (Å²) in [6.45, 7) is 8.68. The molecule has 0 bridgehead atoms. The van der Waals surface area contributed by atoms with E-state index < -0.39 is 0 Å². The van der Waals surface area contributed by atoms with Crippen LogP contribution in [0.4, 0.5) is 0 Å². The summed E-state index contributed by atoms with van der Waals surface area (Å²) in [6, 6.07) is 11.1. The van der Waals surface area contributed by atoms with E-state index in [9.17, 15) is 0 Å². The molecule has 1 fully saturated rings. The van der Waals surface area contributed by atoms with Gasteiger partial charge in [-0.3, -0.25) is 0 Å². The molecule has 0 aliphatic heterocycles. The SMILES string of the molecule is Cc1c[c-](C)c(C)c1C.[Zr+2].c1cc[c-](C2CCCC2)c1. The molecule has 1 saturated carbocycles. The van der Waals surface area contributed by atoms with Crippen LogP contribution >= 0.6 is 0 Å². The predicted molar refractivity (Wildman–Crippen MR) is 84.2 cm³/mol. The molecule has 0 radical (unpaired) electrons. The van der Waals surface area contributed by atoms with E-state index in [1.807, 2.05) is 0 Å².